The fourth-order valence-electron chi connectivity index (χ4n) is 2.64. The van der Waals surface area contributed by atoms with Gasteiger partial charge >= 0.3 is 0 Å². The predicted octanol–water partition coefficient (Wildman–Crippen LogP) is 3.00. The van der Waals surface area contributed by atoms with Crippen LogP contribution >= 0.6 is 11.8 Å². The van der Waals surface area contributed by atoms with E-state index in [1.807, 2.05) is 11.8 Å². The first kappa shape index (κ1) is 13.8. The number of hydrogen-bond acceptors (Lipinski definition) is 3. The second-order valence-corrected chi connectivity index (χ2v) is 6.75. The van der Waals surface area contributed by atoms with E-state index < -0.39 is 0 Å². The molecule has 0 spiro atoms. The van der Waals surface area contributed by atoms with Crippen LogP contribution in [0.15, 0.2) is 18.2 Å². The summed E-state index contributed by atoms with van der Waals surface area (Å²) >= 11 is 2.02. The number of hydrogen-bond donors (Lipinski definition) is 1. The van der Waals surface area contributed by atoms with Gasteiger partial charge in [-0.25, -0.2) is 0 Å². The molecule has 0 bridgehead atoms. The average molecular weight is 264 g/mol. The van der Waals surface area contributed by atoms with Crippen LogP contribution in [0.5, 0.6) is 0 Å². The molecular weight excluding hydrogens is 240 g/mol. The number of nitrogens with zero attached hydrogens (tertiary/aromatic N) is 1. The molecule has 2 nitrogen and oxygen atoms in total. The highest BCUT2D eigenvalue weighted by Crippen LogP contribution is 2.33. The molecule has 1 unspecified atom stereocenters. The second-order valence-electron chi connectivity index (χ2n) is 5.34. The van der Waals surface area contributed by atoms with Crippen LogP contribution < -0.4 is 10.6 Å². The highest BCUT2D eigenvalue weighted by Gasteiger charge is 2.23. The molecule has 0 saturated carbocycles. The minimum absolute atomic E-state index is 0.575. The lowest BCUT2D eigenvalue weighted by molar-refractivity contribution is 0.735. The lowest BCUT2D eigenvalue weighted by Gasteiger charge is -2.36. The number of para-hydroxylation sites is 1. The SMILES string of the molecule is Cc1cccc(C(C)C)c1N1CCSC(CN)C1. The largest absolute Gasteiger partial charge is 0.369 e. The fourth-order valence-corrected chi connectivity index (χ4v) is 3.73. The quantitative estimate of drug-likeness (QED) is 0.910. The number of nitrogens with two attached hydrogens (primary N) is 1. The highest BCUT2D eigenvalue weighted by molar-refractivity contribution is 8.00. The van der Waals surface area contributed by atoms with Gasteiger partial charge in [0.15, 0.2) is 0 Å². The first-order chi connectivity index (χ1) is 8.63. The number of thioether (sulfide) groups is 1. The Bertz CT molecular complexity index is 403. The molecule has 100 valence electrons. The Morgan fingerprint density at radius 1 is 1.44 bits per heavy atom. The van der Waals surface area contributed by atoms with Crippen LogP contribution in [0, 0.1) is 6.92 Å². The summed E-state index contributed by atoms with van der Waals surface area (Å²) in [4.78, 5) is 2.54. The monoisotopic (exact) mass is 264 g/mol. The molecule has 18 heavy (non-hydrogen) atoms. The summed E-state index contributed by atoms with van der Waals surface area (Å²) in [6.45, 7) is 9.79. The topological polar surface area (TPSA) is 29.3 Å². The Balaban J connectivity index is 2.31. The number of benzene rings is 1. The van der Waals surface area contributed by atoms with Crippen molar-refractivity contribution in [2.75, 3.05) is 30.3 Å². The minimum atomic E-state index is 0.575. The smallest absolute Gasteiger partial charge is 0.0431 e. The summed E-state index contributed by atoms with van der Waals surface area (Å²) < 4.78 is 0. The second kappa shape index (κ2) is 5.98. The molecule has 1 aliphatic rings. The van der Waals surface area contributed by atoms with Gasteiger partial charge in [0.1, 0.15) is 0 Å². The first-order valence-electron chi connectivity index (χ1n) is 6.79. The third-order valence-electron chi connectivity index (χ3n) is 3.61. The standard InChI is InChI=1S/C15H24N2S/c1-11(2)14-6-4-5-12(3)15(14)17-7-8-18-13(9-16)10-17/h4-6,11,13H,7-10,16H2,1-3H3. The van der Waals surface area contributed by atoms with Gasteiger partial charge in [0.05, 0.1) is 0 Å². The Morgan fingerprint density at radius 3 is 2.89 bits per heavy atom. The van der Waals surface area contributed by atoms with E-state index in [9.17, 15) is 0 Å². The van der Waals surface area contributed by atoms with Gasteiger partial charge in [0.25, 0.3) is 0 Å². The highest BCUT2D eigenvalue weighted by atomic mass is 32.2. The number of anilines is 1. The summed E-state index contributed by atoms with van der Waals surface area (Å²) in [5.74, 6) is 1.76. The van der Waals surface area contributed by atoms with E-state index in [0.29, 0.717) is 11.2 Å². The Hall–Kier alpha value is -0.670. The first-order valence-corrected chi connectivity index (χ1v) is 7.84. The van der Waals surface area contributed by atoms with Crippen LogP contribution in [0.1, 0.15) is 30.9 Å². The maximum absolute atomic E-state index is 5.83. The molecule has 1 heterocycles. The van der Waals surface area contributed by atoms with E-state index >= 15 is 0 Å². The summed E-state index contributed by atoms with van der Waals surface area (Å²) in [5, 5.41) is 0.582. The molecule has 2 rings (SSSR count). The van der Waals surface area contributed by atoms with Crippen LogP contribution in [0.25, 0.3) is 0 Å². The van der Waals surface area contributed by atoms with Gasteiger partial charge in [-0.3, -0.25) is 0 Å². The molecule has 1 aliphatic heterocycles. The van der Waals surface area contributed by atoms with Gasteiger partial charge in [-0.1, -0.05) is 32.0 Å². The van der Waals surface area contributed by atoms with Crippen molar-refractivity contribution >= 4 is 17.4 Å². The molecule has 3 heteroatoms. The summed E-state index contributed by atoms with van der Waals surface area (Å²) in [7, 11) is 0. The van der Waals surface area contributed by atoms with Gasteiger partial charge in [0, 0.05) is 36.3 Å². The van der Waals surface area contributed by atoms with Crippen molar-refractivity contribution < 1.29 is 0 Å². The summed E-state index contributed by atoms with van der Waals surface area (Å²) in [6.07, 6.45) is 0. The van der Waals surface area contributed by atoms with Crippen LogP contribution in [0.2, 0.25) is 0 Å². The van der Waals surface area contributed by atoms with Gasteiger partial charge in [0.2, 0.25) is 0 Å². The Morgan fingerprint density at radius 2 is 2.22 bits per heavy atom. The van der Waals surface area contributed by atoms with Crippen molar-refractivity contribution in [2.24, 2.45) is 5.73 Å². The van der Waals surface area contributed by atoms with E-state index in [4.69, 9.17) is 5.73 Å². The molecular formula is C15H24N2S. The third kappa shape index (κ3) is 2.83. The van der Waals surface area contributed by atoms with E-state index in [2.05, 4.69) is 43.9 Å². The van der Waals surface area contributed by atoms with Crippen LogP contribution in [-0.2, 0) is 0 Å². The van der Waals surface area contributed by atoms with Crippen LogP contribution in [0.4, 0.5) is 5.69 Å². The molecule has 1 aromatic rings. The molecule has 1 fully saturated rings. The van der Waals surface area contributed by atoms with Crippen molar-refractivity contribution in [1.82, 2.24) is 0 Å². The van der Waals surface area contributed by atoms with Gasteiger partial charge in [-0.15, -0.1) is 0 Å². The van der Waals surface area contributed by atoms with Crippen molar-refractivity contribution in [3.63, 3.8) is 0 Å². The molecule has 0 aliphatic carbocycles. The third-order valence-corrected chi connectivity index (χ3v) is 4.84. The average Bonchev–Trinajstić information content (AvgIpc) is 2.38. The Labute approximate surface area is 115 Å². The number of aryl methyl sites for hydroxylation is 1. The van der Waals surface area contributed by atoms with Crippen molar-refractivity contribution in [3.05, 3.63) is 29.3 Å². The molecule has 2 N–H and O–H groups in total. The normalized spacial score (nSPS) is 20.5. The van der Waals surface area contributed by atoms with Crippen molar-refractivity contribution in [3.8, 4) is 0 Å². The van der Waals surface area contributed by atoms with Crippen molar-refractivity contribution in [2.45, 2.75) is 31.9 Å². The van der Waals surface area contributed by atoms with E-state index in [1.54, 1.807) is 0 Å². The lowest BCUT2D eigenvalue weighted by Crippen LogP contribution is -2.41. The summed E-state index contributed by atoms with van der Waals surface area (Å²) in [6, 6.07) is 6.67. The molecule has 1 atom stereocenters. The van der Waals surface area contributed by atoms with Crippen LogP contribution in [0.3, 0.4) is 0 Å². The maximum Gasteiger partial charge on any atom is 0.0431 e. The van der Waals surface area contributed by atoms with E-state index in [1.165, 1.54) is 22.6 Å². The van der Waals surface area contributed by atoms with Gasteiger partial charge < -0.3 is 10.6 Å². The van der Waals surface area contributed by atoms with E-state index in [-0.39, 0.29) is 0 Å². The summed E-state index contributed by atoms with van der Waals surface area (Å²) in [5.41, 5.74) is 10.1. The molecule has 0 radical (unpaired) electrons. The molecule has 0 aromatic heterocycles. The van der Waals surface area contributed by atoms with Crippen LogP contribution in [-0.4, -0.2) is 30.6 Å². The minimum Gasteiger partial charge on any atom is -0.369 e. The predicted molar refractivity (Wildman–Crippen MR) is 82.8 cm³/mol. The Kier molecular flexibility index (Phi) is 4.57. The zero-order chi connectivity index (χ0) is 13.1. The van der Waals surface area contributed by atoms with Gasteiger partial charge in [-0.05, 0) is 24.0 Å². The molecule has 1 aromatic carbocycles. The zero-order valence-corrected chi connectivity index (χ0v) is 12.5. The maximum atomic E-state index is 5.83. The van der Waals surface area contributed by atoms with Crippen molar-refractivity contribution in [1.29, 1.82) is 0 Å². The van der Waals surface area contributed by atoms with E-state index in [0.717, 1.165) is 19.6 Å². The molecule has 1 saturated heterocycles. The van der Waals surface area contributed by atoms with Gasteiger partial charge in [-0.2, -0.15) is 11.8 Å². The molecule has 0 amide bonds. The zero-order valence-electron chi connectivity index (χ0n) is 11.6. The lowest BCUT2D eigenvalue weighted by atomic mass is 9.97. The number of rotatable bonds is 3. The fraction of sp³-hybridized carbons (Fsp3) is 0.600.